The molecule has 2 N–H and O–H groups in total. The normalized spacial score (nSPS) is 14.1. The van der Waals surface area contributed by atoms with E-state index in [0.29, 0.717) is 6.54 Å². The number of nitrogens with one attached hydrogen (secondary N) is 1. The van der Waals surface area contributed by atoms with Crippen molar-refractivity contribution in [1.82, 2.24) is 4.90 Å². The Bertz CT molecular complexity index is 434. The van der Waals surface area contributed by atoms with E-state index in [1.54, 1.807) is 0 Å². The first-order chi connectivity index (χ1) is 8.69. The van der Waals surface area contributed by atoms with E-state index in [4.69, 9.17) is 9.84 Å². The van der Waals surface area contributed by atoms with E-state index < -0.39 is 0 Å². The largest absolute Gasteiger partial charge is 0.482 e. The van der Waals surface area contributed by atoms with Gasteiger partial charge >= 0.3 is 0 Å². The molecule has 0 aliphatic carbocycles. The summed E-state index contributed by atoms with van der Waals surface area (Å²) in [6.07, 6.45) is 0.875. The van der Waals surface area contributed by atoms with Crippen molar-refractivity contribution in [1.29, 1.82) is 0 Å². The summed E-state index contributed by atoms with van der Waals surface area (Å²) >= 11 is 0. The van der Waals surface area contributed by atoms with Gasteiger partial charge in [-0.25, -0.2) is 0 Å². The maximum atomic E-state index is 11.2. The lowest BCUT2D eigenvalue weighted by molar-refractivity contribution is -0.118. The predicted molar refractivity (Wildman–Crippen MR) is 68.9 cm³/mol. The molecule has 1 amide bonds. The van der Waals surface area contributed by atoms with E-state index in [0.717, 1.165) is 30.0 Å². The Morgan fingerprint density at radius 1 is 1.44 bits per heavy atom. The fraction of sp³-hybridized carbons (Fsp3) is 0.462. The number of ether oxygens (including phenoxy) is 1. The number of aliphatic hydroxyl groups excluding tert-OH is 1. The number of anilines is 1. The van der Waals surface area contributed by atoms with Gasteiger partial charge in [0, 0.05) is 13.1 Å². The minimum absolute atomic E-state index is 0.0889. The van der Waals surface area contributed by atoms with Gasteiger partial charge in [-0.15, -0.1) is 0 Å². The third-order valence-electron chi connectivity index (χ3n) is 2.94. The van der Waals surface area contributed by atoms with Gasteiger partial charge in [-0.05, 0) is 31.2 Å². The fourth-order valence-electron chi connectivity index (χ4n) is 1.89. The molecule has 0 aromatic heterocycles. The lowest BCUT2D eigenvalue weighted by Crippen LogP contribution is -2.26. The van der Waals surface area contributed by atoms with Crippen LogP contribution in [0.5, 0.6) is 5.75 Å². The third-order valence-corrected chi connectivity index (χ3v) is 2.94. The molecule has 0 fully saturated rings. The maximum Gasteiger partial charge on any atom is 0.262 e. The van der Waals surface area contributed by atoms with Crippen LogP contribution in [0.4, 0.5) is 5.69 Å². The molecule has 1 aromatic rings. The molecule has 2 rings (SSSR count). The molecule has 0 spiro atoms. The molecule has 0 atom stereocenters. The number of fused-ring (bicyclic) bond motifs is 1. The van der Waals surface area contributed by atoms with Gasteiger partial charge < -0.3 is 20.1 Å². The Hall–Kier alpha value is -1.59. The molecule has 0 saturated heterocycles. The number of carbonyl (C=O) groups is 1. The number of nitrogens with zero attached hydrogens (tertiary/aromatic N) is 1. The smallest absolute Gasteiger partial charge is 0.262 e. The standard InChI is InChI=1S/C13H18N2O3/c1-15(6-7-16)5-4-10-2-3-12-11(8-10)14-13(17)9-18-12/h2-3,8,16H,4-7,9H2,1H3,(H,14,17). The first-order valence-electron chi connectivity index (χ1n) is 6.04. The molecule has 18 heavy (non-hydrogen) atoms. The van der Waals surface area contributed by atoms with E-state index in [-0.39, 0.29) is 19.1 Å². The van der Waals surface area contributed by atoms with Crippen LogP contribution in [0, 0.1) is 0 Å². The van der Waals surface area contributed by atoms with E-state index >= 15 is 0 Å². The number of carbonyl (C=O) groups excluding carboxylic acids is 1. The summed E-state index contributed by atoms with van der Waals surface area (Å²) in [6.45, 7) is 1.80. The van der Waals surface area contributed by atoms with Crippen molar-refractivity contribution < 1.29 is 14.6 Å². The lowest BCUT2D eigenvalue weighted by Gasteiger charge is -2.19. The van der Waals surface area contributed by atoms with Crippen LogP contribution >= 0.6 is 0 Å². The molecular formula is C13H18N2O3. The van der Waals surface area contributed by atoms with Crippen molar-refractivity contribution in [2.24, 2.45) is 0 Å². The topological polar surface area (TPSA) is 61.8 Å². The van der Waals surface area contributed by atoms with Crippen LogP contribution in [0.1, 0.15) is 5.56 Å². The maximum absolute atomic E-state index is 11.2. The average Bonchev–Trinajstić information content (AvgIpc) is 2.36. The van der Waals surface area contributed by atoms with Gasteiger partial charge in [0.25, 0.3) is 5.91 Å². The minimum Gasteiger partial charge on any atom is -0.482 e. The quantitative estimate of drug-likeness (QED) is 0.798. The predicted octanol–water partition coefficient (Wildman–Crippen LogP) is 0.484. The summed E-state index contributed by atoms with van der Waals surface area (Å²) in [7, 11) is 1.97. The SMILES string of the molecule is CN(CCO)CCc1ccc2c(c1)NC(=O)CO2. The number of benzene rings is 1. The molecule has 98 valence electrons. The zero-order valence-corrected chi connectivity index (χ0v) is 10.5. The Labute approximate surface area is 106 Å². The van der Waals surface area contributed by atoms with E-state index in [1.807, 2.05) is 25.2 Å². The van der Waals surface area contributed by atoms with Crippen LogP contribution in [-0.4, -0.2) is 49.3 Å². The number of hydrogen-bond acceptors (Lipinski definition) is 4. The molecule has 1 aliphatic rings. The third kappa shape index (κ3) is 3.21. The highest BCUT2D eigenvalue weighted by atomic mass is 16.5. The van der Waals surface area contributed by atoms with Gasteiger partial charge in [0.2, 0.25) is 0 Å². The highest BCUT2D eigenvalue weighted by Gasteiger charge is 2.15. The van der Waals surface area contributed by atoms with Gasteiger partial charge in [-0.2, -0.15) is 0 Å². The van der Waals surface area contributed by atoms with E-state index in [2.05, 4.69) is 10.2 Å². The van der Waals surface area contributed by atoms with Gasteiger partial charge in [0.15, 0.2) is 6.61 Å². The van der Waals surface area contributed by atoms with E-state index in [9.17, 15) is 4.79 Å². The van der Waals surface area contributed by atoms with Crippen LogP contribution in [0.2, 0.25) is 0 Å². The average molecular weight is 250 g/mol. The summed E-state index contributed by atoms with van der Waals surface area (Å²) in [4.78, 5) is 13.3. The summed E-state index contributed by atoms with van der Waals surface area (Å²) in [5, 5.41) is 11.6. The summed E-state index contributed by atoms with van der Waals surface area (Å²) in [5.74, 6) is 0.610. The van der Waals surface area contributed by atoms with Crippen LogP contribution in [0.15, 0.2) is 18.2 Å². The van der Waals surface area contributed by atoms with Crippen LogP contribution in [0.3, 0.4) is 0 Å². The van der Waals surface area contributed by atoms with Crippen molar-refractivity contribution in [3.05, 3.63) is 23.8 Å². The second-order valence-electron chi connectivity index (χ2n) is 4.44. The van der Waals surface area contributed by atoms with Crippen molar-refractivity contribution in [3.8, 4) is 5.75 Å². The van der Waals surface area contributed by atoms with Crippen molar-refractivity contribution >= 4 is 11.6 Å². The Morgan fingerprint density at radius 2 is 2.28 bits per heavy atom. The second kappa shape index (κ2) is 5.84. The van der Waals surface area contributed by atoms with Crippen LogP contribution in [-0.2, 0) is 11.2 Å². The first-order valence-corrected chi connectivity index (χ1v) is 6.04. The summed E-state index contributed by atoms with van der Waals surface area (Å²) < 4.78 is 5.30. The van der Waals surface area contributed by atoms with Gasteiger partial charge in [-0.1, -0.05) is 6.07 Å². The molecular weight excluding hydrogens is 232 g/mol. The van der Waals surface area contributed by atoms with Gasteiger partial charge in [0.1, 0.15) is 5.75 Å². The molecule has 0 saturated carbocycles. The van der Waals surface area contributed by atoms with Gasteiger partial charge in [0.05, 0.1) is 12.3 Å². The zero-order valence-electron chi connectivity index (χ0n) is 10.5. The number of hydrogen-bond donors (Lipinski definition) is 2. The Balaban J connectivity index is 1.98. The fourth-order valence-corrected chi connectivity index (χ4v) is 1.89. The van der Waals surface area contributed by atoms with Crippen molar-refractivity contribution in [2.75, 3.05) is 38.7 Å². The van der Waals surface area contributed by atoms with Crippen LogP contribution in [0.25, 0.3) is 0 Å². The number of rotatable bonds is 5. The molecule has 1 heterocycles. The number of likely N-dealkylation sites (N-methyl/N-ethyl adjacent to an activating group) is 1. The first kappa shape index (κ1) is 12.9. The Kier molecular flexibility index (Phi) is 4.17. The van der Waals surface area contributed by atoms with Crippen molar-refractivity contribution in [3.63, 3.8) is 0 Å². The molecule has 1 aliphatic heterocycles. The number of aliphatic hydroxyl groups is 1. The molecule has 0 bridgehead atoms. The lowest BCUT2D eigenvalue weighted by atomic mass is 10.1. The zero-order chi connectivity index (χ0) is 13.0. The molecule has 5 heteroatoms. The highest BCUT2D eigenvalue weighted by Crippen LogP contribution is 2.28. The molecule has 0 radical (unpaired) electrons. The Morgan fingerprint density at radius 3 is 3.06 bits per heavy atom. The monoisotopic (exact) mass is 250 g/mol. The number of amides is 1. The molecule has 5 nitrogen and oxygen atoms in total. The second-order valence-corrected chi connectivity index (χ2v) is 4.44. The summed E-state index contributed by atoms with van der Waals surface area (Å²) in [6, 6.07) is 5.83. The molecule has 0 unspecified atom stereocenters. The molecule has 1 aromatic carbocycles. The highest BCUT2D eigenvalue weighted by molar-refractivity contribution is 5.95. The van der Waals surface area contributed by atoms with Gasteiger partial charge in [-0.3, -0.25) is 4.79 Å². The van der Waals surface area contributed by atoms with Crippen LogP contribution < -0.4 is 10.1 Å². The minimum atomic E-state index is -0.114. The van der Waals surface area contributed by atoms with Crippen molar-refractivity contribution in [2.45, 2.75) is 6.42 Å². The summed E-state index contributed by atoms with van der Waals surface area (Å²) in [5.41, 5.74) is 1.89. The van der Waals surface area contributed by atoms with E-state index in [1.165, 1.54) is 0 Å².